The lowest BCUT2D eigenvalue weighted by Gasteiger charge is -2.23. The smallest absolute Gasteiger partial charge is 0.138 e. The zero-order valence-corrected chi connectivity index (χ0v) is 11.7. The van der Waals surface area contributed by atoms with E-state index in [-0.39, 0.29) is 12.0 Å². The fraction of sp³-hybridized carbons (Fsp3) is 0.385. The van der Waals surface area contributed by atoms with Crippen LogP contribution in [-0.4, -0.2) is 33.0 Å². The van der Waals surface area contributed by atoms with Gasteiger partial charge in [-0.25, -0.2) is 9.67 Å². The Morgan fingerprint density at radius 3 is 2.84 bits per heavy atom. The number of hydrogen-bond donors (Lipinski definition) is 2. The highest BCUT2D eigenvalue weighted by atomic mass is 35.5. The second kappa shape index (κ2) is 5.59. The average molecular weight is 281 g/mol. The summed E-state index contributed by atoms with van der Waals surface area (Å²) in [6.45, 7) is 4.71. The van der Waals surface area contributed by atoms with Gasteiger partial charge in [-0.1, -0.05) is 25.4 Å². The topological polar surface area (TPSA) is 63.0 Å². The van der Waals surface area contributed by atoms with Crippen LogP contribution in [0.25, 0.3) is 5.69 Å². The van der Waals surface area contributed by atoms with E-state index in [2.05, 4.69) is 15.4 Å². The van der Waals surface area contributed by atoms with E-state index in [1.165, 1.54) is 6.33 Å². The quantitative estimate of drug-likeness (QED) is 0.882. The minimum atomic E-state index is -0.206. The van der Waals surface area contributed by atoms with Crippen LogP contribution in [0.1, 0.15) is 13.8 Å². The van der Waals surface area contributed by atoms with Crippen molar-refractivity contribution in [1.82, 2.24) is 14.8 Å². The van der Waals surface area contributed by atoms with E-state index in [0.717, 1.165) is 11.4 Å². The van der Waals surface area contributed by atoms with Crippen LogP contribution in [0.3, 0.4) is 0 Å². The number of rotatable bonds is 5. The van der Waals surface area contributed by atoms with Gasteiger partial charge in [0.15, 0.2) is 0 Å². The van der Waals surface area contributed by atoms with Gasteiger partial charge in [-0.15, -0.1) is 0 Å². The minimum Gasteiger partial charge on any atom is -0.396 e. The molecule has 2 aromatic rings. The molecule has 0 spiro atoms. The van der Waals surface area contributed by atoms with Crippen LogP contribution >= 0.6 is 11.6 Å². The Hall–Kier alpha value is -1.59. The minimum absolute atomic E-state index is 0.110. The van der Waals surface area contributed by atoms with Crippen LogP contribution in [0.15, 0.2) is 30.9 Å². The number of benzene rings is 1. The van der Waals surface area contributed by atoms with Gasteiger partial charge in [0.2, 0.25) is 0 Å². The maximum atomic E-state index is 9.29. The molecule has 0 bridgehead atoms. The molecule has 1 heterocycles. The normalized spacial score (nSPS) is 11.6. The van der Waals surface area contributed by atoms with Gasteiger partial charge in [0, 0.05) is 23.6 Å². The van der Waals surface area contributed by atoms with Gasteiger partial charge in [-0.05, 0) is 18.2 Å². The number of aromatic nitrogens is 3. The zero-order chi connectivity index (χ0) is 13.9. The molecular formula is C13H17ClN4O. The van der Waals surface area contributed by atoms with Crippen molar-refractivity contribution in [3.05, 3.63) is 35.9 Å². The molecule has 0 aliphatic carbocycles. The molecule has 5 nitrogen and oxygen atoms in total. The van der Waals surface area contributed by atoms with Crippen molar-refractivity contribution in [3.63, 3.8) is 0 Å². The first-order valence-electron chi connectivity index (χ1n) is 6.01. The highest BCUT2D eigenvalue weighted by Gasteiger charge is 2.17. The summed E-state index contributed by atoms with van der Waals surface area (Å²) in [4.78, 5) is 3.94. The molecule has 0 atom stereocenters. The van der Waals surface area contributed by atoms with Crippen LogP contribution in [0, 0.1) is 5.41 Å². The lowest BCUT2D eigenvalue weighted by molar-refractivity contribution is 0.171. The summed E-state index contributed by atoms with van der Waals surface area (Å²) in [5.41, 5.74) is 1.53. The Morgan fingerprint density at radius 2 is 2.21 bits per heavy atom. The largest absolute Gasteiger partial charge is 0.396 e. The van der Waals surface area contributed by atoms with E-state index < -0.39 is 0 Å². The van der Waals surface area contributed by atoms with E-state index in [4.69, 9.17) is 11.6 Å². The summed E-state index contributed by atoms with van der Waals surface area (Å²) < 4.78 is 1.67. The molecule has 102 valence electrons. The third-order valence-corrected chi connectivity index (χ3v) is 3.04. The van der Waals surface area contributed by atoms with Crippen molar-refractivity contribution in [2.75, 3.05) is 18.5 Å². The molecule has 19 heavy (non-hydrogen) atoms. The molecular weight excluding hydrogens is 264 g/mol. The van der Waals surface area contributed by atoms with Gasteiger partial charge < -0.3 is 10.4 Å². The van der Waals surface area contributed by atoms with Crippen LogP contribution < -0.4 is 5.32 Å². The molecule has 0 aliphatic rings. The van der Waals surface area contributed by atoms with Crippen molar-refractivity contribution in [2.24, 2.45) is 5.41 Å². The van der Waals surface area contributed by atoms with E-state index in [1.807, 2.05) is 26.0 Å². The van der Waals surface area contributed by atoms with Gasteiger partial charge in [-0.2, -0.15) is 5.10 Å². The van der Waals surface area contributed by atoms with E-state index in [9.17, 15) is 5.11 Å². The summed E-state index contributed by atoms with van der Waals surface area (Å²) in [6.07, 6.45) is 3.11. The SMILES string of the molecule is CC(C)(CO)CNc1cc(Cl)ccc1-n1cncn1. The third-order valence-electron chi connectivity index (χ3n) is 2.81. The Labute approximate surface area is 117 Å². The van der Waals surface area contributed by atoms with Gasteiger partial charge in [0.05, 0.1) is 11.4 Å². The predicted octanol–water partition coefficient (Wildman–Crippen LogP) is 2.35. The van der Waals surface area contributed by atoms with Gasteiger partial charge in [-0.3, -0.25) is 0 Å². The molecule has 0 saturated heterocycles. The van der Waals surface area contributed by atoms with E-state index in [1.54, 1.807) is 17.1 Å². The Bertz CT molecular complexity index is 540. The number of halogens is 1. The van der Waals surface area contributed by atoms with Crippen molar-refractivity contribution >= 4 is 17.3 Å². The van der Waals surface area contributed by atoms with Gasteiger partial charge in [0.1, 0.15) is 12.7 Å². The second-order valence-corrected chi connectivity index (χ2v) is 5.61. The molecule has 0 radical (unpaired) electrons. The number of aliphatic hydroxyl groups excluding tert-OH is 1. The Kier molecular flexibility index (Phi) is 4.07. The number of nitrogens with one attached hydrogen (secondary N) is 1. The molecule has 0 unspecified atom stereocenters. The molecule has 0 aliphatic heterocycles. The first-order chi connectivity index (χ1) is 9.02. The Balaban J connectivity index is 2.26. The van der Waals surface area contributed by atoms with Gasteiger partial charge >= 0.3 is 0 Å². The molecule has 0 fully saturated rings. The lowest BCUT2D eigenvalue weighted by atomic mass is 9.95. The first-order valence-corrected chi connectivity index (χ1v) is 6.39. The highest BCUT2D eigenvalue weighted by molar-refractivity contribution is 6.31. The Morgan fingerprint density at radius 1 is 1.42 bits per heavy atom. The maximum absolute atomic E-state index is 9.29. The second-order valence-electron chi connectivity index (χ2n) is 5.18. The van der Waals surface area contributed by atoms with Crippen LogP contribution in [0.5, 0.6) is 0 Å². The summed E-state index contributed by atoms with van der Waals surface area (Å²) in [5, 5.41) is 17.3. The van der Waals surface area contributed by atoms with E-state index >= 15 is 0 Å². The van der Waals surface area contributed by atoms with Crippen molar-refractivity contribution in [3.8, 4) is 5.69 Å². The van der Waals surface area contributed by atoms with Crippen LogP contribution in [0.4, 0.5) is 5.69 Å². The third kappa shape index (κ3) is 3.45. The molecule has 0 saturated carbocycles. The number of anilines is 1. The van der Waals surface area contributed by atoms with Gasteiger partial charge in [0.25, 0.3) is 0 Å². The first kappa shape index (κ1) is 13.8. The fourth-order valence-corrected chi connectivity index (χ4v) is 1.74. The maximum Gasteiger partial charge on any atom is 0.138 e. The van der Waals surface area contributed by atoms with Crippen molar-refractivity contribution in [1.29, 1.82) is 0 Å². The number of aliphatic hydroxyl groups is 1. The summed E-state index contributed by atoms with van der Waals surface area (Å²) in [6, 6.07) is 5.53. The van der Waals surface area contributed by atoms with Crippen molar-refractivity contribution in [2.45, 2.75) is 13.8 Å². The van der Waals surface area contributed by atoms with Crippen molar-refractivity contribution < 1.29 is 5.11 Å². The zero-order valence-electron chi connectivity index (χ0n) is 11.0. The average Bonchev–Trinajstić information content (AvgIpc) is 2.90. The summed E-state index contributed by atoms with van der Waals surface area (Å²) in [7, 11) is 0. The summed E-state index contributed by atoms with van der Waals surface area (Å²) in [5.74, 6) is 0. The summed E-state index contributed by atoms with van der Waals surface area (Å²) >= 11 is 6.03. The highest BCUT2D eigenvalue weighted by Crippen LogP contribution is 2.25. The molecule has 0 amide bonds. The molecule has 2 N–H and O–H groups in total. The standard InChI is InChI=1S/C13H17ClN4O/c1-13(2,7-19)6-16-11-5-10(14)3-4-12(11)18-9-15-8-17-18/h3-5,8-9,16,19H,6-7H2,1-2H3. The molecule has 1 aromatic carbocycles. The molecule has 6 heteroatoms. The predicted molar refractivity (Wildman–Crippen MR) is 75.7 cm³/mol. The van der Waals surface area contributed by atoms with Crippen LogP contribution in [0.2, 0.25) is 5.02 Å². The number of hydrogen-bond acceptors (Lipinski definition) is 4. The molecule has 1 aromatic heterocycles. The number of nitrogens with zero attached hydrogens (tertiary/aromatic N) is 3. The van der Waals surface area contributed by atoms with Crippen LogP contribution in [-0.2, 0) is 0 Å². The fourth-order valence-electron chi connectivity index (χ4n) is 1.57. The van der Waals surface area contributed by atoms with E-state index in [0.29, 0.717) is 11.6 Å². The monoisotopic (exact) mass is 280 g/mol. The molecule has 2 rings (SSSR count). The lowest BCUT2D eigenvalue weighted by Crippen LogP contribution is -2.27.